The van der Waals surface area contributed by atoms with Gasteiger partial charge in [-0.05, 0) is 17.7 Å². The Morgan fingerprint density at radius 2 is 1.87 bits per heavy atom. The van der Waals surface area contributed by atoms with Crippen LogP contribution in [0.2, 0.25) is 0 Å². The number of carbonyl (C=O) groups is 2. The molecule has 0 aliphatic rings. The molecule has 0 saturated heterocycles. The average molecular weight is 344 g/mol. The Labute approximate surface area is 133 Å². The molecule has 0 aliphatic heterocycles. The second-order valence-electron chi connectivity index (χ2n) is 4.51. The van der Waals surface area contributed by atoms with Gasteiger partial charge < -0.3 is 9.64 Å². The van der Waals surface area contributed by atoms with Crippen LogP contribution in [0.1, 0.15) is 22.1 Å². The lowest BCUT2D eigenvalue weighted by Gasteiger charge is -2.26. The Balaban J connectivity index is 2.45. The van der Waals surface area contributed by atoms with Crippen molar-refractivity contribution in [3.63, 3.8) is 0 Å². The highest BCUT2D eigenvalue weighted by atomic mass is 32.1. The number of amides is 1. The number of esters is 1. The van der Waals surface area contributed by atoms with E-state index in [0.29, 0.717) is 12.1 Å². The summed E-state index contributed by atoms with van der Waals surface area (Å²) < 4.78 is 44.5. The van der Waals surface area contributed by atoms with Gasteiger partial charge in [-0.15, -0.1) is 11.3 Å². The van der Waals surface area contributed by atoms with E-state index in [2.05, 4.69) is 9.72 Å². The summed E-state index contributed by atoms with van der Waals surface area (Å²) in [4.78, 5) is 29.0. The topological polar surface area (TPSA) is 59.5 Å². The average Bonchev–Trinajstić information content (AvgIpc) is 3.05. The minimum Gasteiger partial charge on any atom is -0.467 e. The molecular formula is C14H11F3N2O3S. The molecule has 2 rings (SSSR count). The van der Waals surface area contributed by atoms with Crippen LogP contribution in [0, 0.1) is 17.5 Å². The second-order valence-corrected chi connectivity index (χ2v) is 5.23. The highest BCUT2D eigenvalue weighted by Gasteiger charge is 2.32. The third-order valence-electron chi connectivity index (χ3n) is 3.11. The molecule has 0 aliphatic carbocycles. The van der Waals surface area contributed by atoms with Crippen LogP contribution in [0.3, 0.4) is 0 Å². The number of carbonyl (C=O) groups excluding carboxylic acids is 2. The first-order chi connectivity index (χ1) is 10.9. The predicted molar refractivity (Wildman–Crippen MR) is 75.3 cm³/mol. The lowest BCUT2D eigenvalue weighted by Crippen LogP contribution is -2.37. The van der Waals surface area contributed by atoms with E-state index in [1.165, 1.54) is 29.3 Å². The quantitative estimate of drug-likeness (QED) is 0.632. The molecule has 1 aromatic heterocycles. The van der Waals surface area contributed by atoms with E-state index < -0.39 is 35.4 Å². The van der Waals surface area contributed by atoms with Gasteiger partial charge in [-0.25, -0.2) is 22.9 Å². The van der Waals surface area contributed by atoms with Crippen molar-refractivity contribution in [3.8, 4) is 0 Å². The monoisotopic (exact) mass is 344 g/mol. The van der Waals surface area contributed by atoms with Crippen LogP contribution >= 0.6 is 11.3 Å². The fraction of sp³-hybridized carbons (Fsp3) is 0.214. The molecule has 1 unspecified atom stereocenters. The fourth-order valence-electron chi connectivity index (χ4n) is 1.98. The fourth-order valence-corrected chi connectivity index (χ4v) is 2.50. The molecule has 2 aromatic rings. The molecule has 0 radical (unpaired) electrons. The number of thiazole rings is 1. The number of aromatic nitrogens is 1. The van der Waals surface area contributed by atoms with Crippen LogP contribution in [-0.4, -0.2) is 35.9 Å². The number of hydrogen-bond acceptors (Lipinski definition) is 5. The zero-order valence-electron chi connectivity index (χ0n) is 12.0. The molecule has 1 aromatic carbocycles. The molecule has 0 spiro atoms. The maximum atomic E-state index is 13.4. The number of halogens is 3. The molecule has 5 nitrogen and oxygen atoms in total. The van der Waals surface area contributed by atoms with Gasteiger partial charge in [0.25, 0.3) is 5.91 Å². The molecule has 0 saturated carbocycles. The highest BCUT2D eigenvalue weighted by molar-refractivity contribution is 7.07. The summed E-state index contributed by atoms with van der Waals surface area (Å²) in [5.74, 6) is -6.18. The molecule has 9 heteroatoms. The normalized spacial score (nSPS) is 11.9. The van der Waals surface area contributed by atoms with Crippen molar-refractivity contribution in [1.29, 1.82) is 0 Å². The minimum absolute atomic E-state index is 0.0643. The van der Waals surface area contributed by atoms with Gasteiger partial charge in [0, 0.05) is 12.4 Å². The first kappa shape index (κ1) is 16.9. The molecule has 0 N–H and O–H groups in total. The van der Waals surface area contributed by atoms with Gasteiger partial charge in [-0.1, -0.05) is 0 Å². The number of methoxy groups -OCH3 is 1. The zero-order valence-corrected chi connectivity index (χ0v) is 12.9. The summed E-state index contributed by atoms with van der Waals surface area (Å²) in [6.07, 6.45) is 0. The third kappa shape index (κ3) is 3.34. The van der Waals surface area contributed by atoms with E-state index in [0.717, 1.165) is 12.0 Å². The molecule has 23 heavy (non-hydrogen) atoms. The van der Waals surface area contributed by atoms with Crippen molar-refractivity contribution >= 4 is 23.2 Å². The van der Waals surface area contributed by atoms with Gasteiger partial charge >= 0.3 is 5.97 Å². The number of benzene rings is 1. The van der Waals surface area contributed by atoms with Gasteiger partial charge in [0.1, 0.15) is 5.69 Å². The van der Waals surface area contributed by atoms with E-state index >= 15 is 0 Å². The van der Waals surface area contributed by atoms with E-state index in [1.807, 2.05) is 0 Å². The van der Waals surface area contributed by atoms with E-state index in [9.17, 15) is 22.8 Å². The van der Waals surface area contributed by atoms with Crippen LogP contribution < -0.4 is 0 Å². The Bertz CT molecular complexity index is 714. The first-order valence-electron chi connectivity index (χ1n) is 6.24. The number of rotatable bonds is 4. The Morgan fingerprint density at radius 3 is 2.35 bits per heavy atom. The van der Waals surface area contributed by atoms with Crippen LogP contribution in [-0.2, 0) is 9.53 Å². The van der Waals surface area contributed by atoms with Gasteiger partial charge in [0.05, 0.1) is 12.6 Å². The van der Waals surface area contributed by atoms with Crippen molar-refractivity contribution in [2.45, 2.75) is 6.04 Å². The van der Waals surface area contributed by atoms with Crippen molar-refractivity contribution in [2.24, 2.45) is 0 Å². The minimum atomic E-state index is -1.66. The number of likely N-dealkylation sites (N-methyl/N-ethyl adjacent to an activating group) is 1. The Morgan fingerprint density at radius 1 is 1.26 bits per heavy atom. The molecule has 0 bridgehead atoms. The maximum Gasteiger partial charge on any atom is 0.333 e. The van der Waals surface area contributed by atoms with Gasteiger partial charge in [0.2, 0.25) is 0 Å². The van der Waals surface area contributed by atoms with Crippen molar-refractivity contribution in [1.82, 2.24) is 9.88 Å². The Kier molecular flexibility index (Phi) is 4.99. The molecule has 1 heterocycles. The standard InChI is InChI=1S/C14H11F3N2O3S/c1-19(13(20)10-5-23-6-18-10)12(14(21)22-2)7-3-8(15)11(17)9(16)4-7/h3-6,12H,1-2H3. The molecule has 1 amide bonds. The second kappa shape index (κ2) is 6.78. The summed E-state index contributed by atoms with van der Waals surface area (Å²) in [6.45, 7) is 0. The van der Waals surface area contributed by atoms with Gasteiger partial charge in [-0.3, -0.25) is 4.79 Å². The van der Waals surface area contributed by atoms with Gasteiger partial charge in [0.15, 0.2) is 23.5 Å². The SMILES string of the molecule is COC(=O)C(c1cc(F)c(F)c(F)c1)N(C)C(=O)c1cscn1. The van der Waals surface area contributed by atoms with Crippen LogP contribution in [0.4, 0.5) is 13.2 Å². The summed E-state index contributed by atoms with van der Waals surface area (Å²) >= 11 is 1.17. The first-order valence-corrected chi connectivity index (χ1v) is 7.18. The third-order valence-corrected chi connectivity index (χ3v) is 3.69. The summed E-state index contributed by atoms with van der Waals surface area (Å²) in [5, 5.41) is 1.46. The lowest BCUT2D eigenvalue weighted by molar-refractivity contribution is -0.145. The smallest absolute Gasteiger partial charge is 0.333 e. The molecule has 1 atom stereocenters. The van der Waals surface area contributed by atoms with Crippen molar-refractivity contribution in [3.05, 3.63) is 51.7 Å². The van der Waals surface area contributed by atoms with Crippen molar-refractivity contribution < 1.29 is 27.5 Å². The molecule has 0 fully saturated rings. The van der Waals surface area contributed by atoms with Crippen LogP contribution in [0.15, 0.2) is 23.0 Å². The highest BCUT2D eigenvalue weighted by Crippen LogP contribution is 2.26. The van der Waals surface area contributed by atoms with Crippen LogP contribution in [0.25, 0.3) is 0 Å². The van der Waals surface area contributed by atoms with Gasteiger partial charge in [-0.2, -0.15) is 0 Å². The number of nitrogens with zero attached hydrogens (tertiary/aromatic N) is 2. The molecular weight excluding hydrogens is 333 g/mol. The molecule has 122 valence electrons. The lowest BCUT2D eigenvalue weighted by atomic mass is 10.0. The van der Waals surface area contributed by atoms with E-state index in [1.54, 1.807) is 0 Å². The van der Waals surface area contributed by atoms with E-state index in [-0.39, 0.29) is 11.3 Å². The summed E-state index contributed by atoms with van der Waals surface area (Å²) in [7, 11) is 2.31. The largest absolute Gasteiger partial charge is 0.467 e. The van der Waals surface area contributed by atoms with Crippen molar-refractivity contribution in [2.75, 3.05) is 14.2 Å². The Hall–Kier alpha value is -2.42. The van der Waals surface area contributed by atoms with E-state index in [4.69, 9.17) is 0 Å². The zero-order chi connectivity index (χ0) is 17.1. The summed E-state index contributed by atoms with van der Waals surface area (Å²) in [5.41, 5.74) is 1.24. The maximum absolute atomic E-state index is 13.4. The number of ether oxygens (including phenoxy) is 1. The number of hydrogen-bond donors (Lipinski definition) is 0. The predicted octanol–water partition coefficient (Wildman–Crippen LogP) is 2.55. The van der Waals surface area contributed by atoms with Crippen LogP contribution in [0.5, 0.6) is 0 Å². The summed E-state index contributed by atoms with van der Waals surface area (Å²) in [6, 6.07) is -0.158.